The van der Waals surface area contributed by atoms with Gasteiger partial charge in [0.05, 0.1) is 12.6 Å². The number of thiophene rings is 1. The molecule has 180 valence electrons. The zero-order chi connectivity index (χ0) is 23.9. The maximum atomic E-state index is 13.1. The summed E-state index contributed by atoms with van der Waals surface area (Å²) in [6, 6.07) is 20.3. The van der Waals surface area contributed by atoms with E-state index in [1.54, 1.807) is 11.3 Å². The van der Waals surface area contributed by atoms with Gasteiger partial charge in [0.15, 0.2) is 0 Å². The van der Waals surface area contributed by atoms with Crippen LogP contribution in [0.4, 0.5) is 5.00 Å². The molecule has 1 atom stereocenters. The highest BCUT2D eigenvalue weighted by Gasteiger charge is 2.29. The monoisotopic (exact) mass is 477 g/mol. The van der Waals surface area contributed by atoms with E-state index in [4.69, 9.17) is 4.74 Å². The van der Waals surface area contributed by atoms with Crippen molar-refractivity contribution in [3.05, 3.63) is 82.2 Å². The highest BCUT2D eigenvalue weighted by atomic mass is 32.1. The van der Waals surface area contributed by atoms with Crippen molar-refractivity contribution in [1.82, 2.24) is 9.80 Å². The standard InChI is InChI=1S/C28H35N3O2S/c1-4-24-20-25(28(34-24)29-27(32)22-10-8-7-9-11-22)26(31-18-16-30(5-2)17-19-31)21-12-14-23(15-13-21)33-6-3/h7-15,20,26H,4-6,16-19H2,1-3H3,(H,29,32)/t26-/m0/s1. The molecule has 0 radical (unpaired) electrons. The molecule has 1 amide bonds. The van der Waals surface area contributed by atoms with Gasteiger partial charge in [-0.1, -0.05) is 44.2 Å². The molecule has 0 spiro atoms. The van der Waals surface area contributed by atoms with Crippen LogP contribution in [0.1, 0.15) is 53.2 Å². The average molecular weight is 478 g/mol. The second kappa shape index (κ2) is 11.6. The fourth-order valence-corrected chi connectivity index (χ4v) is 5.56. The maximum Gasteiger partial charge on any atom is 0.256 e. The molecule has 2 aromatic carbocycles. The number of ether oxygens (including phenoxy) is 1. The third-order valence-electron chi connectivity index (χ3n) is 6.44. The van der Waals surface area contributed by atoms with Crippen molar-refractivity contribution in [3.8, 4) is 5.75 Å². The minimum atomic E-state index is -0.0624. The average Bonchev–Trinajstić information content (AvgIpc) is 3.28. The highest BCUT2D eigenvalue weighted by molar-refractivity contribution is 7.16. The Balaban J connectivity index is 1.70. The van der Waals surface area contributed by atoms with Gasteiger partial charge in [-0.2, -0.15) is 0 Å². The summed E-state index contributed by atoms with van der Waals surface area (Å²) < 4.78 is 5.69. The van der Waals surface area contributed by atoms with Crippen LogP contribution in [0.5, 0.6) is 5.75 Å². The lowest BCUT2D eigenvalue weighted by Gasteiger charge is -2.39. The number of amides is 1. The number of benzene rings is 2. The van der Waals surface area contributed by atoms with Crippen molar-refractivity contribution >= 4 is 22.2 Å². The molecule has 0 unspecified atom stereocenters. The topological polar surface area (TPSA) is 44.8 Å². The van der Waals surface area contributed by atoms with Gasteiger partial charge in [0, 0.05) is 42.2 Å². The Labute approximate surface area is 207 Å². The fraction of sp³-hybridized carbons (Fsp3) is 0.393. The van der Waals surface area contributed by atoms with Gasteiger partial charge in [-0.05, 0) is 55.8 Å². The van der Waals surface area contributed by atoms with Crippen LogP contribution in [-0.4, -0.2) is 55.0 Å². The molecule has 1 aromatic heterocycles. The third kappa shape index (κ3) is 5.69. The molecule has 0 bridgehead atoms. The molecule has 1 saturated heterocycles. The van der Waals surface area contributed by atoms with E-state index in [-0.39, 0.29) is 11.9 Å². The number of rotatable bonds is 9. The minimum absolute atomic E-state index is 0.0624. The number of carbonyl (C=O) groups is 1. The van der Waals surface area contributed by atoms with Crippen LogP contribution in [0.2, 0.25) is 0 Å². The molecule has 1 N–H and O–H groups in total. The van der Waals surface area contributed by atoms with Crippen LogP contribution in [0, 0.1) is 0 Å². The zero-order valence-corrected chi connectivity index (χ0v) is 21.2. The summed E-state index contributed by atoms with van der Waals surface area (Å²) in [6.07, 6.45) is 0.943. The Bertz CT molecular complexity index is 1060. The molecule has 1 aliphatic rings. The summed E-state index contributed by atoms with van der Waals surface area (Å²) in [5.41, 5.74) is 3.08. The van der Waals surface area contributed by atoms with Gasteiger partial charge in [-0.3, -0.25) is 9.69 Å². The molecular weight excluding hydrogens is 442 g/mol. The Hall–Kier alpha value is -2.67. The number of piperazine rings is 1. The number of carbonyl (C=O) groups excluding carboxylic acids is 1. The highest BCUT2D eigenvalue weighted by Crippen LogP contribution is 2.40. The first-order chi connectivity index (χ1) is 16.6. The predicted octanol–water partition coefficient (Wildman–Crippen LogP) is 5.69. The molecule has 3 aromatic rings. The third-order valence-corrected chi connectivity index (χ3v) is 7.65. The number of anilines is 1. The lowest BCUT2D eigenvalue weighted by Crippen LogP contribution is -2.47. The first-order valence-electron chi connectivity index (χ1n) is 12.3. The maximum absolute atomic E-state index is 13.1. The SMILES string of the molecule is CCOc1ccc([C@@H](c2cc(CC)sc2NC(=O)c2ccccc2)N2CCN(CC)CC2)cc1. The van der Waals surface area contributed by atoms with Gasteiger partial charge >= 0.3 is 0 Å². The molecular formula is C28H35N3O2S. The normalized spacial score (nSPS) is 15.7. The molecule has 0 aliphatic carbocycles. The van der Waals surface area contributed by atoms with Crippen LogP contribution in [0.25, 0.3) is 0 Å². The van der Waals surface area contributed by atoms with Crippen LogP contribution in [0.15, 0.2) is 60.7 Å². The van der Waals surface area contributed by atoms with E-state index in [0.717, 1.165) is 49.9 Å². The number of nitrogens with one attached hydrogen (secondary N) is 1. The molecule has 5 nitrogen and oxygen atoms in total. The van der Waals surface area contributed by atoms with E-state index in [2.05, 4.69) is 59.3 Å². The Morgan fingerprint density at radius 3 is 2.32 bits per heavy atom. The van der Waals surface area contributed by atoms with Crippen molar-refractivity contribution in [2.45, 2.75) is 33.2 Å². The van der Waals surface area contributed by atoms with Gasteiger partial charge in [0.1, 0.15) is 10.8 Å². The van der Waals surface area contributed by atoms with Crippen LogP contribution in [0.3, 0.4) is 0 Å². The first-order valence-corrected chi connectivity index (χ1v) is 13.1. The lowest BCUT2D eigenvalue weighted by molar-refractivity contribution is 0.102. The van der Waals surface area contributed by atoms with Gasteiger partial charge < -0.3 is 15.0 Å². The summed E-state index contributed by atoms with van der Waals surface area (Å²) in [5.74, 6) is 0.825. The molecule has 34 heavy (non-hydrogen) atoms. The van der Waals surface area contributed by atoms with Crippen LogP contribution >= 0.6 is 11.3 Å². The van der Waals surface area contributed by atoms with E-state index < -0.39 is 0 Å². The lowest BCUT2D eigenvalue weighted by atomic mass is 9.97. The summed E-state index contributed by atoms with van der Waals surface area (Å²) in [7, 11) is 0. The van der Waals surface area contributed by atoms with Gasteiger partial charge in [0.2, 0.25) is 0 Å². The van der Waals surface area contributed by atoms with Gasteiger partial charge in [0.25, 0.3) is 5.91 Å². The Morgan fingerprint density at radius 1 is 1.00 bits per heavy atom. The van der Waals surface area contributed by atoms with Crippen LogP contribution in [-0.2, 0) is 6.42 Å². The first kappa shape index (κ1) is 24.5. The van der Waals surface area contributed by atoms with Gasteiger partial charge in [-0.25, -0.2) is 0 Å². The molecule has 6 heteroatoms. The van der Waals surface area contributed by atoms with Crippen molar-refractivity contribution in [2.75, 3.05) is 44.6 Å². The second-order valence-corrected chi connectivity index (χ2v) is 9.68. The molecule has 0 saturated carbocycles. The summed E-state index contributed by atoms with van der Waals surface area (Å²) in [4.78, 5) is 19.4. The van der Waals surface area contributed by atoms with E-state index in [9.17, 15) is 4.79 Å². The second-order valence-electron chi connectivity index (χ2n) is 8.55. The number of hydrogen-bond acceptors (Lipinski definition) is 5. The van der Waals surface area contributed by atoms with E-state index >= 15 is 0 Å². The quantitative estimate of drug-likeness (QED) is 0.430. The predicted molar refractivity (Wildman–Crippen MR) is 141 cm³/mol. The summed E-state index contributed by atoms with van der Waals surface area (Å²) in [6.45, 7) is 12.2. The van der Waals surface area contributed by atoms with Gasteiger partial charge in [-0.15, -0.1) is 11.3 Å². The van der Waals surface area contributed by atoms with Crippen molar-refractivity contribution in [2.24, 2.45) is 0 Å². The number of likely N-dealkylation sites (N-methyl/N-ethyl adjacent to an activating group) is 1. The molecule has 1 fully saturated rings. The number of nitrogens with zero attached hydrogens (tertiary/aromatic N) is 2. The largest absolute Gasteiger partial charge is 0.494 e. The summed E-state index contributed by atoms with van der Waals surface area (Å²) >= 11 is 1.69. The molecule has 1 aliphatic heterocycles. The van der Waals surface area contributed by atoms with E-state index in [0.29, 0.717) is 12.2 Å². The van der Waals surface area contributed by atoms with Crippen molar-refractivity contribution in [1.29, 1.82) is 0 Å². The van der Waals surface area contributed by atoms with E-state index in [1.807, 2.05) is 37.3 Å². The van der Waals surface area contributed by atoms with Crippen molar-refractivity contribution in [3.63, 3.8) is 0 Å². The molecule has 4 rings (SSSR count). The van der Waals surface area contributed by atoms with Crippen molar-refractivity contribution < 1.29 is 9.53 Å². The number of hydrogen-bond donors (Lipinski definition) is 1. The zero-order valence-electron chi connectivity index (χ0n) is 20.4. The molecule has 2 heterocycles. The minimum Gasteiger partial charge on any atom is -0.494 e. The summed E-state index contributed by atoms with van der Waals surface area (Å²) in [5, 5.41) is 4.19. The fourth-order valence-electron chi connectivity index (χ4n) is 4.54. The Morgan fingerprint density at radius 2 is 1.71 bits per heavy atom. The smallest absolute Gasteiger partial charge is 0.256 e. The number of aryl methyl sites for hydroxylation is 1. The van der Waals surface area contributed by atoms with Crippen LogP contribution < -0.4 is 10.1 Å². The Kier molecular flexibility index (Phi) is 8.38. The van der Waals surface area contributed by atoms with E-state index in [1.165, 1.54) is 16.0 Å².